The summed E-state index contributed by atoms with van der Waals surface area (Å²) in [6, 6.07) is 11.9. The number of fused-ring (bicyclic) bond motifs is 1. The van der Waals surface area contributed by atoms with E-state index in [1.165, 1.54) is 5.56 Å². The van der Waals surface area contributed by atoms with Crippen LogP contribution in [0.3, 0.4) is 0 Å². The van der Waals surface area contributed by atoms with Gasteiger partial charge in [0.25, 0.3) is 0 Å². The first-order chi connectivity index (χ1) is 13.5. The van der Waals surface area contributed by atoms with E-state index in [1.807, 2.05) is 4.90 Å². The lowest BCUT2D eigenvalue weighted by molar-refractivity contribution is -0.131. The molecule has 0 bridgehead atoms. The van der Waals surface area contributed by atoms with Crippen molar-refractivity contribution >= 4 is 11.8 Å². The highest BCUT2D eigenvalue weighted by Gasteiger charge is 2.52. The summed E-state index contributed by atoms with van der Waals surface area (Å²) >= 11 is 0. The number of carbonyl (C=O) groups is 2. The molecule has 0 unspecified atom stereocenters. The number of benzene rings is 1. The van der Waals surface area contributed by atoms with Gasteiger partial charge in [-0.3, -0.25) is 14.5 Å². The Morgan fingerprint density at radius 3 is 2.50 bits per heavy atom. The van der Waals surface area contributed by atoms with Crippen LogP contribution >= 0.6 is 0 Å². The summed E-state index contributed by atoms with van der Waals surface area (Å²) in [6.07, 6.45) is 6.86. The van der Waals surface area contributed by atoms with Gasteiger partial charge in [-0.15, -0.1) is 0 Å². The van der Waals surface area contributed by atoms with E-state index < -0.39 is 0 Å². The van der Waals surface area contributed by atoms with E-state index in [0.717, 1.165) is 51.6 Å². The van der Waals surface area contributed by atoms with Gasteiger partial charge in [0.05, 0.1) is 5.54 Å². The molecule has 1 aromatic carbocycles. The average Bonchev–Trinajstić information content (AvgIpc) is 2.96. The summed E-state index contributed by atoms with van der Waals surface area (Å²) in [7, 11) is 0. The van der Waals surface area contributed by atoms with Crippen molar-refractivity contribution in [3.8, 4) is 0 Å². The molecular weight excluding hydrogens is 350 g/mol. The number of hydrogen-bond acceptors (Lipinski definition) is 3. The number of carbonyl (C=O) groups excluding carboxylic acids is 2. The van der Waals surface area contributed by atoms with Gasteiger partial charge < -0.3 is 10.2 Å². The molecule has 3 fully saturated rings. The number of piperidine rings is 1. The predicted molar refractivity (Wildman–Crippen MR) is 110 cm³/mol. The molecule has 2 amide bonds. The molecule has 152 valence electrons. The van der Waals surface area contributed by atoms with Gasteiger partial charge in [0.15, 0.2) is 0 Å². The molecular formula is C23H33N3O2. The molecule has 1 N–H and O–H groups in total. The quantitative estimate of drug-likeness (QED) is 0.853. The maximum atomic E-state index is 12.5. The van der Waals surface area contributed by atoms with Crippen LogP contribution in [0.4, 0.5) is 0 Å². The second kappa shape index (κ2) is 7.86. The minimum absolute atomic E-state index is 0.183. The Morgan fingerprint density at radius 1 is 1.11 bits per heavy atom. The number of nitrogens with zero attached hydrogens (tertiary/aromatic N) is 2. The second-order valence-corrected chi connectivity index (χ2v) is 9.04. The van der Waals surface area contributed by atoms with Gasteiger partial charge in [0.1, 0.15) is 0 Å². The molecule has 28 heavy (non-hydrogen) atoms. The highest BCUT2D eigenvalue weighted by molar-refractivity contribution is 5.77. The smallest absolute Gasteiger partial charge is 0.220 e. The van der Waals surface area contributed by atoms with Crippen LogP contribution in [-0.4, -0.2) is 52.3 Å². The van der Waals surface area contributed by atoms with Crippen molar-refractivity contribution in [3.05, 3.63) is 35.9 Å². The SMILES string of the molecule is CC(=O)N1CCC(N2[C@H]3CCCCC(=O)N[C@@]3(C)C[C@H]2c2ccccc2)CC1. The van der Waals surface area contributed by atoms with Crippen LogP contribution in [0.15, 0.2) is 30.3 Å². The highest BCUT2D eigenvalue weighted by atomic mass is 16.2. The molecule has 3 aliphatic heterocycles. The standard InChI is InChI=1S/C23H33N3O2/c1-17(27)25-14-12-19(13-15-25)26-20(18-8-4-3-5-9-18)16-23(2)21(26)10-6-7-11-22(28)24-23/h3-5,8-9,19-21H,6-7,10-16H2,1-2H3,(H,24,28)/t20-,21-,23-/m0/s1. The van der Waals surface area contributed by atoms with Crippen molar-refractivity contribution in [2.75, 3.05) is 13.1 Å². The molecule has 3 saturated heterocycles. The molecule has 4 rings (SSSR count). The van der Waals surface area contributed by atoms with Crippen molar-refractivity contribution in [2.45, 2.75) is 82.5 Å². The zero-order valence-corrected chi connectivity index (χ0v) is 17.2. The molecule has 5 nitrogen and oxygen atoms in total. The maximum Gasteiger partial charge on any atom is 0.220 e. The third-order valence-electron chi connectivity index (χ3n) is 7.14. The Balaban J connectivity index is 1.65. The monoisotopic (exact) mass is 383 g/mol. The summed E-state index contributed by atoms with van der Waals surface area (Å²) in [4.78, 5) is 28.9. The van der Waals surface area contributed by atoms with Crippen LogP contribution in [0, 0.1) is 0 Å². The first kappa shape index (κ1) is 19.4. The van der Waals surface area contributed by atoms with Crippen molar-refractivity contribution in [1.29, 1.82) is 0 Å². The predicted octanol–water partition coefficient (Wildman–Crippen LogP) is 3.26. The summed E-state index contributed by atoms with van der Waals surface area (Å²) in [5.74, 6) is 0.384. The lowest BCUT2D eigenvalue weighted by Crippen LogP contribution is -2.58. The largest absolute Gasteiger partial charge is 0.349 e. The van der Waals surface area contributed by atoms with Gasteiger partial charge in [0, 0.05) is 44.6 Å². The fraction of sp³-hybridized carbons (Fsp3) is 0.652. The average molecular weight is 384 g/mol. The molecule has 0 aromatic heterocycles. The van der Waals surface area contributed by atoms with E-state index in [9.17, 15) is 9.59 Å². The molecule has 0 saturated carbocycles. The first-order valence-electron chi connectivity index (χ1n) is 10.9. The summed E-state index contributed by atoms with van der Waals surface area (Å²) in [5, 5.41) is 3.41. The third kappa shape index (κ3) is 3.69. The molecule has 3 atom stereocenters. The molecule has 3 aliphatic rings. The van der Waals surface area contributed by atoms with Gasteiger partial charge in [-0.1, -0.05) is 36.8 Å². The zero-order valence-electron chi connectivity index (χ0n) is 17.2. The van der Waals surface area contributed by atoms with E-state index in [2.05, 4.69) is 47.5 Å². The van der Waals surface area contributed by atoms with Crippen LogP contribution in [0.25, 0.3) is 0 Å². The second-order valence-electron chi connectivity index (χ2n) is 9.04. The summed E-state index contributed by atoms with van der Waals surface area (Å²) in [5.41, 5.74) is 1.16. The minimum atomic E-state index is -0.185. The lowest BCUT2D eigenvalue weighted by atomic mass is 9.85. The topological polar surface area (TPSA) is 52.7 Å². The molecule has 5 heteroatoms. The highest BCUT2D eigenvalue weighted by Crippen LogP contribution is 2.47. The maximum absolute atomic E-state index is 12.5. The molecule has 0 aliphatic carbocycles. The lowest BCUT2D eigenvalue weighted by Gasteiger charge is -2.44. The molecule has 0 radical (unpaired) electrons. The van der Waals surface area contributed by atoms with Gasteiger partial charge >= 0.3 is 0 Å². The molecule has 0 spiro atoms. The third-order valence-corrected chi connectivity index (χ3v) is 7.14. The Morgan fingerprint density at radius 2 is 1.82 bits per heavy atom. The van der Waals surface area contributed by atoms with Crippen molar-refractivity contribution < 1.29 is 9.59 Å². The fourth-order valence-corrected chi connectivity index (χ4v) is 5.75. The summed E-state index contributed by atoms with van der Waals surface area (Å²) < 4.78 is 0. The van der Waals surface area contributed by atoms with E-state index in [1.54, 1.807) is 6.92 Å². The fourth-order valence-electron chi connectivity index (χ4n) is 5.75. The van der Waals surface area contributed by atoms with E-state index in [4.69, 9.17) is 0 Å². The molecule has 3 heterocycles. The zero-order chi connectivity index (χ0) is 19.7. The van der Waals surface area contributed by atoms with E-state index >= 15 is 0 Å². The van der Waals surface area contributed by atoms with Crippen LogP contribution in [0.2, 0.25) is 0 Å². The van der Waals surface area contributed by atoms with Crippen molar-refractivity contribution in [1.82, 2.24) is 15.1 Å². The number of amides is 2. The molecule has 1 aromatic rings. The summed E-state index contributed by atoms with van der Waals surface area (Å²) in [6.45, 7) is 5.60. The normalized spacial score (nSPS) is 32.4. The van der Waals surface area contributed by atoms with Crippen LogP contribution in [0.5, 0.6) is 0 Å². The van der Waals surface area contributed by atoms with Crippen LogP contribution < -0.4 is 5.32 Å². The van der Waals surface area contributed by atoms with Gasteiger partial charge in [-0.25, -0.2) is 0 Å². The number of nitrogens with one attached hydrogen (secondary N) is 1. The van der Waals surface area contributed by atoms with Crippen molar-refractivity contribution in [2.24, 2.45) is 0 Å². The first-order valence-corrected chi connectivity index (χ1v) is 10.9. The Hall–Kier alpha value is -1.88. The van der Waals surface area contributed by atoms with E-state index in [-0.39, 0.29) is 17.4 Å². The van der Waals surface area contributed by atoms with Gasteiger partial charge in [-0.2, -0.15) is 0 Å². The Labute approximate surface area is 168 Å². The Bertz CT molecular complexity index is 714. The van der Waals surface area contributed by atoms with Crippen molar-refractivity contribution in [3.63, 3.8) is 0 Å². The minimum Gasteiger partial charge on any atom is -0.349 e. The van der Waals surface area contributed by atoms with Gasteiger partial charge in [-0.05, 0) is 44.6 Å². The number of rotatable bonds is 2. The Kier molecular flexibility index (Phi) is 5.46. The number of hydrogen-bond donors (Lipinski definition) is 1. The van der Waals surface area contributed by atoms with E-state index in [0.29, 0.717) is 24.5 Å². The van der Waals surface area contributed by atoms with Gasteiger partial charge in [0.2, 0.25) is 11.8 Å². The number of likely N-dealkylation sites (tertiary alicyclic amines) is 2. The van der Waals surface area contributed by atoms with Crippen LogP contribution in [0.1, 0.15) is 70.4 Å². The van der Waals surface area contributed by atoms with Crippen LogP contribution in [-0.2, 0) is 9.59 Å².